The molecule has 2 aromatic rings. The van der Waals surface area contributed by atoms with Crippen molar-refractivity contribution in [1.29, 1.82) is 0 Å². The van der Waals surface area contributed by atoms with E-state index in [1.54, 1.807) is 12.1 Å². The molecule has 1 aromatic heterocycles. The maximum Gasteiger partial charge on any atom is 0.173 e. The van der Waals surface area contributed by atoms with Crippen molar-refractivity contribution in [3.05, 3.63) is 40.9 Å². The number of hydrogen-bond donors (Lipinski definition) is 1. The van der Waals surface area contributed by atoms with E-state index < -0.39 is 0 Å². The molecule has 1 aliphatic carbocycles. The molecule has 5 heteroatoms. The Morgan fingerprint density at radius 3 is 2.77 bits per heavy atom. The maximum absolute atomic E-state index is 13.7. The Labute approximate surface area is 132 Å². The first-order valence-corrected chi connectivity index (χ1v) is 7.99. The van der Waals surface area contributed by atoms with Gasteiger partial charge in [0, 0.05) is 24.1 Å². The Bertz CT molecular complexity index is 613. The standard InChI is InChI=1S/C15H16BFN2O.C2H6/c16-11-7-6-10(13(17)8-11)9-18-15-12-4-2-1-3-5-14(12)20-19-15;1-2/h6-8H,1-5,9H2,(H,18,19);1-2H3. The maximum atomic E-state index is 13.7. The van der Waals surface area contributed by atoms with Gasteiger partial charge in [-0.05, 0) is 25.3 Å². The Hall–Kier alpha value is -1.78. The summed E-state index contributed by atoms with van der Waals surface area (Å²) in [5.41, 5.74) is 2.16. The van der Waals surface area contributed by atoms with Gasteiger partial charge in [-0.15, -0.1) is 0 Å². The second-order valence-corrected chi connectivity index (χ2v) is 5.20. The number of halogens is 1. The van der Waals surface area contributed by atoms with Crippen LogP contribution in [-0.4, -0.2) is 13.0 Å². The lowest BCUT2D eigenvalue weighted by Gasteiger charge is -2.07. The SMILES string of the molecule is CC.[B]c1ccc(CNc2noc3c2CCCCC3)c(F)c1. The van der Waals surface area contributed by atoms with Gasteiger partial charge >= 0.3 is 0 Å². The molecule has 0 fully saturated rings. The summed E-state index contributed by atoms with van der Waals surface area (Å²) < 4.78 is 19.1. The zero-order valence-corrected chi connectivity index (χ0v) is 13.3. The highest BCUT2D eigenvalue weighted by molar-refractivity contribution is 6.32. The third-order valence-corrected chi connectivity index (χ3v) is 3.72. The van der Waals surface area contributed by atoms with Gasteiger partial charge in [-0.25, -0.2) is 4.39 Å². The molecular weight excluding hydrogens is 278 g/mol. The topological polar surface area (TPSA) is 38.1 Å². The first-order valence-electron chi connectivity index (χ1n) is 7.99. The van der Waals surface area contributed by atoms with Crippen LogP contribution in [0.1, 0.15) is 50.0 Å². The number of nitrogens with zero attached hydrogens (tertiary/aromatic N) is 1. The molecule has 3 rings (SSSR count). The molecule has 0 atom stereocenters. The van der Waals surface area contributed by atoms with Crippen molar-refractivity contribution in [3.63, 3.8) is 0 Å². The van der Waals surface area contributed by atoms with E-state index >= 15 is 0 Å². The molecule has 1 aromatic carbocycles. The molecular formula is C17H22BFN2O. The lowest BCUT2D eigenvalue weighted by Crippen LogP contribution is -2.08. The average molecular weight is 300 g/mol. The van der Waals surface area contributed by atoms with Gasteiger partial charge in [-0.1, -0.05) is 43.0 Å². The molecule has 0 spiro atoms. The van der Waals surface area contributed by atoms with E-state index in [9.17, 15) is 4.39 Å². The van der Waals surface area contributed by atoms with Crippen molar-refractivity contribution in [2.45, 2.75) is 52.5 Å². The van der Waals surface area contributed by atoms with E-state index in [1.165, 1.54) is 12.5 Å². The molecule has 0 unspecified atom stereocenters. The molecule has 0 bridgehead atoms. The Kier molecular flexibility index (Phi) is 6.05. The first kappa shape index (κ1) is 16.6. The average Bonchev–Trinajstić information content (AvgIpc) is 2.76. The normalized spacial score (nSPS) is 13.6. The fourth-order valence-electron chi connectivity index (χ4n) is 2.59. The second-order valence-electron chi connectivity index (χ2n) is 5.20. The van der Waals surface area contributed by atoms with Gasteiger partial charge in [-0.3, -0.25) is 0 Å². The third kappa shape index (κ3) is 3.90. The zero-order chi connectivity index (χ0) is 15.9. The lowest BCUT2D eigenvalue weighted by molar-refractivity contribution is 0.382. The summed E-state index contributed by atoms with van der Waals surface area (Å²) in [6.45, 7) is 4.38. The van der Waals surface area contributed by atoms with Crippen molar-refractivity contribution in [3.8, 4) is 0 Å². The van der Waals surface area contributed by atoms with Gasteiger partial charge in [0.1, 0.15) is 19.4 Å². The van der Waals surface area contributed by atoms with Gasteiger partial charge in [0.15, 0.2) is 5.82 Å². The van der Waals surface area contributed by atoms with Crippen LogP contribution in [0, 0.1) is 5.82 Å². The number of anilines is 1. The van der Waals surface area contributed by atoms with Crippen molar-refractivity contribution in [1.82, 2.24) is 5.16 Å². The number of fused-ring (bicyclic) bond motifs is 1. The number of benzene rings is 1. The van der Waals surface area contributed by atoms with Crippen LogP contribution in [0.2, 0.25) is 0 Å². The highest BCUT2D eigenvalue weighted by atomic mass is 19.1. The lowest BCUT2D eigenvalue weighted by atomic mass is 9.95. The van der Waals surface area contributed by atoms with Crippen molar-refractivity contribution < 1.29 is 8.91 Å². The fourth-order valence-corrected chi connectivity index (χ4v) is 2.59. The largest absolute Gasteiger partial charge is 0.363 e. The number of aryl methyl sites for hydroxylation is 1. The van der Waals surface area contributed by atoms with Crippen LogP contribution in [-0.2, 0) is 19.4 Å². The quantitative estimate of drug-likeness (QED) is 0.696. The van der Waals surface area contributed by atoms with Crippen LogP contribution in [0.4, 0.5) is 10.2 Å². The van der Waals surface area contributed by atoms with Gasteiger partial charge in [0.2, 0.25) is 0 Å². The van der Waals surface area contributed by atoms with E-state index in [4.69, 9.17) is 12.4 Å². The van der Waals surface area contributed by atoms with E-state index in [2.05, 4.69) is 10.5 Å². The molecule has 1 aliphatic rings. The highest BCUT2D eigenvalue weighted by Crippen LogP contribution is 2.27. The van der Waals surface area contributed by atoms with Crippen LogP contribution in [0.25, 0.3) is 0 Å². The molecule has 1 heterocycles. The summed E-state index contributed by atoms with van der Waals surface area (Å²) in [6, 6.07) is 4.72. The summed E-state index contributed by atoms with van der Waals surface area (Å²) in [6.07, 6.45) is 5.44. The van der Waals surface area contributed by atoms with Gasteiger partial charge in [0.05, 0.1) is 0 Å². The zero-order valence-electron chi connectivity index (χ0n) is 13.3. The van der Waals surface area contributed by atoms with Crippen molar-refractivity contribution in [2.24, 2.45) is 0 Å². The van der Waals surface area contributed by atoms with E-state index in [0.29, 0.717) is 17.6 Å². The number of aromatic nitrogens is 1. The van der Waals surface area contributed by atoms with Crippen molar-refractivity contribution >= 4 is 19.1 Å². The molecule has 2 radical (unpaired) electrons. The van der Waals surface area contributed by atoms with Crippen LogP contribution in [0.3, 0.4) is 0 Å². The van der Waals surface area contributed by atoms with Gasteiger partial charge in [-0.2, -0.15) is 0 Å². The monoisotopic (exact) mass is 300 g/mol. The van der Waals surface area contributed by atoms with E-state index in [1.807, 2.05) is 13.8 Å². The van der Waals surface area contributed by atoms with E-state index in [0.717, 1.165) is 42.8 Å². The molecule has 1 N–H and O–H groups in total. The second kappa shape index (κ2) is 8.02. The highest BCUT2D eigenvalue weighted by Gasteiger charge is 2.18. The van der Waals surface area contributed by atoms with E-state index in [-0.39, 0.29) is 5.82 Å². The smallest absolute Gasteiger partial charge is 0.173 e. The predicted octanol–water partition coefficient (Wildman–Crippen LogP) is 3.51. The number of nitrogens with one attached hydrogen (secondary N) is 1. The van der Waals surface area contributed by atoms with Crippen LogP contribution in [0.15, 0.2) is 22.7 Å². The van der Waals surface area contributed by atoms with Gasteiger partial charge in [0.25, 0.3) is 0 Å². The van der Waals surface area contributed by atoms with Crippen LogP contribution >= 0.6 is 0 Å². The minimum atomic E-state index is -0.299. The fraction of sp³-hybridized carbons (Fsp3) is 0.471. The first-order chi connectivity index (χ1) is 10.7. The number of hydrogen-bond acceptors (Lipinski definition) is 3. The molecule has 0 saturated carbocycles. The molecule has 116 valence electrons. The minimum Gasteiger partial charge on any atom is -0.363 e. The minimum absolute atomic E-state index is 0.299. The third-order valence-electron chi connectivity index (χ3n) is 3.72. The molecule has 0 aliphatic heterocycles. The molecule has 0 amide bonds. The Balaban J connectivity index is 0.000000847. The predicted molar refractivity (Wildman–Crippen MR) is 88.2 cm³/mol. The van der Waals surface area contributed by atoms with Crippen molar-refractivity contribution in [2.75, 3.05) is 5.32 Å². The summed E-state index contributed by atoms with van der Waals surface area (Å²) in [5.74, 6) is 1.42. The molecule has 22 heavy (non-hydrogen) atoms. The molecule has 0 saturated heterocycles. The summed E-state index contributed by atoms with van der Waals surface area (Å²) in [5, 5.41) is 7.24. The summed E-state index contributed by atoms with van der Waals surface area (Å²) in [4.78, 5) is 0. The molecule has 3 nitrogen and oxygen atoms in total. The Morgan fingerprint density at radius 1 is 1.23 bits per heavy atom. The summed E-state index contributed by atoms with van der Waals surface area (Å²) in [7, 11) is 5.54. The number of rotatable bonds is 3. The Morgan fingerprint density at radius 2 is 2.00 bits per heavy atom. The van der Waals surface area contributed by atoms with Crippen LogP contribution < -0.4 is 10.8 Å². The summed E-state index contributed by atoms with van der Waals surface area (Å²) >= 11 is 0. The van der Waals surface area contributed by atoms with Crippen LogP contribution in [0.5, 0.6) is 0 Å². The van der Waals surface area contributed by atoms with Gasteiger partial charge < -0.3 is 9.84 Å².